The number of nitrogens with one attached hydrogen (secondary N) is 1. The first-order chi connectivity index (χ1) is 9.83. The van der Waals surface area contributed by atoms with Crippen molar-refractivity contribution in [3.63, 3.8) is 0 Å². The van der Waals surface area contributed by atoms with E-state index in [9.17, 15) is 13.2 Å². The highest BCUT2D eigenvalue weighted by Gasteiger charge is 2.27. The van der Waals surface area contributed by atoms with Gasteiger partial charge in [-0.1, -0.05) is 6.92 Å². The molecule has 116 valence electrons. The second-order valence-corrected chi connectivity index (χ2v) is 7.18. The van der Waals surface area contributed by atoms with Crippen LogP contribution in [0, 0.1) is 5.92 Å². The molecule has 6 nitrogen and oxygen atoms in total. The van der Waals surface area contributed by atoms with Crippen LogP contribution in [0.15, 0.2) is 23.1 Å². The van der Waals surface area contributed by atoms with E-state index in [0.29, 0.717) is 5.92 Å². The topological polar surface area (TPSA) is 98.5 Å². The zero-order chi connectivity index (χ0) is 15.6. The average molecular weight is 312 g/mol. The fourth-order valence-electron chi connectivity index (χ4n) is 2.65. The quantitative estimate of drug-likeness (QED) is 0.855. The summed E-state index contributed by atoms with van der Waals surface area (Å²) in [5.41, 5.74) is 5.31. The lowest BCUT2D eigenvalue weighted by Gasteiger charge is -2.14. The van der Waals surface area contributed by atoms with Gasteiger partial charge in [-0.3, -0.25) is 4.79 Å². The van der Waals surface area contributed by atoms with Crippen molar-refractivity contribution in [2.45, 2.75) is 37.1 Å². The minimum absolute atomic E-state index is 0.0247. The summed E-state index contributed by atoms with van der Waals surface area (Å²) < 4.78 is 32.4. The van der Waals surface area contributed by atoms with Gasteiger partial charge in [0, 0.05) is 6.04 Å². The molecule has 0 radical (unpaired) electrons. The van der Waals surface area contributed by atoms with Crippen LogP contribution in [0.5, 0.6) is 5.75 Å². The minimum Gasteiger partial charge on any atom is -0.496 e. The summed E-state index contributed by atoms with van der Waals surface area (Å²) in [6.07, 6.45) is 2.68. The number of amides is 1. The smallest absolute Gasteiger partial charge is 0.252 e. The molecule has 1 aromatic carbocycles. The van der Waals surface area contributed by atoms with Gasteiger partial charge in [0.1, 0.15) is 5.75 Å². The number of sulfonamides is 1. The number of benzene rings is 1. The van der Waals surface area contributed by atoms with Crippen molar-refractivity contribution in [3.05, 3.63) is 23.8 Å². The lowest BCUT2D eigenvalue weighted by atomic mass is 10.1. The molecule has 0 aromatic heterocycles. The number of ether oxygens (including phenoxy) is 1. The first kappa shape index (κ1) is 15.8. The molecule has 1 aliphatic rings. The second kappa shape index (κ2) is 6.03. The molecular weight excluding hydrogens is 292 g/mol. The molecule has 21 heavy (non-hydrogen) atoms. The first-order valence-corrected chi connectivity index (χ1v) is 8.32. The summed E-state index contributed by atoms with van der Waals surface area (Å²) in [4.78, 5) is 11.4. The third-order valence-electron chi connectivity index (χ3n) is 3.76. The van der Waals surface area contributed by atoms with Crippen molar-refractivity contribution in [1.29, 1.82) is 0 Å². The van der Waals surface area contributed by atoms with Crippen molar-refractivity contribution >= 4 is 15.9 Å². The zero-order valence-electron chi connectivity index (χ0n) is 12.1. The van der Waals surface area contributed by atoms with Gasteiger partial charge in [-0.25, -0.2) is 13.1 Å². The van der Waals surface area contributed by atoms with Crippen LogP contribution >= 0.6 is 0 Å². The molecule has 1 aliphatic carbocycles. The third-order valence-corrected chi connectivity index (χ3v) is 5.28. The Labute approximate surface area is 124 Å². The van der Waals surface area contributed by atoms with Gasteiger partial charge < -0.3 is 10.5 Å². The van der Waals surface area contributed by atoms with Crippen LogP contribution in [0.2, 0.25) is 0 Å². The van der Waals surface area contributed by atoms with Gasteiger partial charge in [0.2, 0.25) is 10.0 Å². The summed E-state index contributed by atoms with van der Waals surface area (Å²) >= 11 is 0. The molecule has 1 fully saturated rings. The highest BCUT2D eigenvalue weighted by molar-refractivity contribution is 7.89. The van der Waals surface area contributed by atoms with Crippen LogP contribution in [-0.4, -0.2) is 27.5 Å². The van der Waals surface area contributed by atoms with E-state index in [1.54, 1.807) is 0 Å². The molecule has 1 aromatic rings. The van der Waals surface area contributed by atoms with Crippen LogP contribution < -0.4 is 15.2 Å². The molecule has 0 aliphatic heterocycles. The molecule has 2 unspecified atom stereocenters. The normalized spacial score (nSPS) is 22.2. The van der Waals surface area contributed by atoms with E-state index in [4.69, 9.17) is 10.5 Å². The number of rotatable bonds is 5. The zero-order valence-corrected chi connectivity index (χ0v) is 12.9. The standard InChI is InChI=1S/C14H20N2O4S/c1-9-3-4-10(7-9)16-21(18,19)11-5-6-13(20-2)12(8-11)14(15)17/h5-6,8-10,16H,3-4,7H2,1-2H3,(H2,15,17). The Kier molecular flexibility index (Phi) is 4.53. The van der Waals surface area contributed by atoms with Gasteiger partial charge >= 0.3 is 0 Å². The number of hydrogen-bond acceptors (Lipinski definition) is 4. The number of carbonyl (C=O) groups excluding carboxylic acids is 1. The van der Waals surface area contributed by atoms with Crippen LogP contribution in [0.1, 0.15) is 36.5 Å². The lowest BCUT2D eigenvalue weighted by Crippen LogP contribution is -2.33. The predicted octanol–water partition coefficient (Wildman–Crippen LogP) is 1.26. The Morgan fingerprint density at radius 3 is 2.62 bits per heavy atom. The maximum atomic E-state index is 12.4. The molecule has 0 bridgehead atoms. The van der Waals surface area contributed by atoms with Crippen LogP contribution in [0.25, 0.3) is 0 Å². The summed E-state index contributed by atoms with van der Waals surface area (Å²) in [5, 5.41) is 0. The minimum atomic E-state index is -3.66. The largest absolute Gasteiger partial charge is 0.496 e. The van der Waals surface area contributed by atoms with Gasteiger partial charge in [0.05, 0.1) is 17.6 Å². The molecule has 2 atom stereocenters. The molecule has 0 saturated heterocycles. The predicted molar refractivity (Wildman–Crippen MR) is 78.6 cm³/mol. The van der Waals surface area contributed by atoms with Crippen molar-refractivity contribution in [1.82, 2.24) is 4.72 Å². The molecule has 7 heteroatoms. The molecule has 0 spiro atoms. The van der Waals surface area contributed by atoms with Crippen molar-refractivity contribution in [3.8, 4) is 5.75 Å². The first-order valence-electron chi connectivity index (χ1n) is 6.83. The van der Waals surface area contributed by atoms with Gasteiger partial charge in [-0.2, -0.15) is 0 Å². The summed E-state index contributed by atoms with van der Waals surface area (Å²) in [7, 11) is -2.26. The number of primary amides is 1. The molecule has 3 N–H and O–H groups in total. The Morgan fingerprint density at radius 2 is 2.10 bits per heavy atom. The van der Waals surface area contributed by atoms with E-state index in [2.05, 4.69) is 11.6 Å². The van der Waals surface area contributed by atoms with Crippen molar-refractivity contribution in [2.24, 2.45) is 11.7 Å². The summed E-state index contributed by atoms with van der Waals surface area (Å²) in [5.74, 6) is 0.0593. The number of hydrogen-bond donors (Lipinski definition) is 2. The summed E-state index contributed by atoms with van der Waals surface area (Å²) in [6.45, 7) is 2.10. The number of methoxy groups -OCH3 is 1. The molecular formula is C14H20N2O4S. The fourth-order valence-corrected chi connectivity index (χ4v) is 3.96. The molecule has 1 amide bonds. The number of carbonyl (C=O) groups is 1. The van der Waals surface area contributed by atoms with E-state index in [-0.39, 0.29) is 22.3 Å². The maximum absolute atomic E-state index is 12.4. The highest BCUT2D eigenvalue weighted by atomic mass is 32.2. The van der Waals surface area contributed by atoms with Gasteiger partial charge in [0.25, 0.3) is 5.91 Å². The lowest BCUT2D eigenvalue weighted by molar-refractivity contribution is 0.0997. The van der Waals surface area contributed by atoms with Crippen molar-refractivity contribution < 1.29 is 17.9 Å². The number of nitrogens with two attached hydrogens (primary N) is 1. The van der Waals surface area contributed by atoms with E-state index in [1.807, 2.05) is 0 Å². The van der Waals surface area contributed by atoms with Crippen molar-refractivity contribution in [2.75, 3.05) is 7.11 Å². The van der Waals surface area contributed by atoms with Crippen LogP contribution in [0.4, 0.5) is 0 Å². The molecule has 0 heterocycles. The van der Waals surface area contributed by atoms with Crippen LogP contribution in [-0.2, 0) is 10.0 Å². The maximum Gasteiger partial charge on any atom is 0.252 e. The molecule has 2 rings (SSSR count). The Morgan fingerprint density at radius 1 is 1.38 bits per heavy atom. The van der Waals surface area contributed by atoms with Crippen LogP contribution in [0.3, 0.4) is 0 Å². The summed E-state index contributed by atoms with van der Waals surface area (Å²) in [6, 6.07) is 4.05. The Balaban J connectivity index is 2.27. The SMILES string of the molecule is COc1ccc(S(=O)(=O)NC2CCC(C)C2)cc1C(N)=O. The van der Waals surface area contributed by atoms with Gasteiger partial charge in [-0.05, 0) is 43.4 Å². The Hall–Kier alpha value is -1.60. The van der Waals surface area contributed by atoms with E-state index in [1.165, 1.54) is 25.3 Å². The fraction of sp³-hybridized carbons (Fsp3) is 0.500. The molecule has 1 saturated carbocycles. The van der Waals surface area contributed by atoms with E-state index in [0.717, 1.165) is 19.3 Å². The third kappa shape index (κ3) is 3.54. The monoisotopic (exact) mass is 312 g/mol. The Bertz CT molecular complexity index is 642. The average Bonchev–Trinajstić information content (AvgIpc) is 2.82. The second-order valence-electron chi connectivity index (χ2n) is 5.46. The van der Waals surface area contributed by atoms with Gasteiger partial charge in [0.15, 0.2) is 0 Å². The highest BCUT2D eigenvalue weighted by Crippen LogP contribution is 2.27. The van der Waals surface area contributed by atoms with E-state index >= 15 is 0 Å². The van der Waals surface area contributed by atoms with Gasteiger partial charge in [-0.15, -0.1) is 0 Å². The van der Waals surface area contributed by atoms with E-state index < -0.39 is 15.9 Å².